The number of anilines is 1. The van der Waals surface area contributed by atoms with E-state index in [1.54, 1.807) is 48.5 Å². The van der Waals surface area contributed by atoms with Crippen molar-refractivity contribution in [1.29, 1.82) is 0 Å². The fourth-order valence-corrected chi connectivity index (χ4v) is 7.73. The average Bonchev–Trinajstić information content (AvgIpc) is 3.22. The normalized spacial score (nSPS) is 12.5. The number of aryl methyl sites for hydroxylation is 2. The second-order valence-corrected chi connectivity index (χ2v) is 16.2. The van der Waals surface area contributed by atoms with Crippen molar-refractivity contribution in [3.63, 3.8) is 0 Å². The van der Waals surface area contributed by atoms with Gasteiger partial charge in [0.2, 0.25) is 10.0 Å². The highest BCUT2D eigenvalue weighted by Crippen LogP contribution is 2.37. The van der Waals surface area contributed by atoms with Gasteiger partial charge < -0.3 is 30.1 Å². The molecular formula is C47H48N2O8S. The monoisotopic (exact) mass is 800 g/mol. The first-order chi connectivity index (χ1) is 27.9. The number of rotatable bonds is 16. The van der Waals surface area contributed by atoms with Gasteiger partial charge in [0, 0.05) is 18.5 Å². The summed E-state index contributed by atoms with van der Waals surface area (Å²) in [5, 5.41) is 36.3. The van der Waals surface area contributed by atoms with Crippen LogP contribution in [-0.4, -0.2) is 48.7 Å². The zero-order valence-electron chi connectivity index (χ0n) is 32.7. The van der Waals surface area contributed by atoms with Gasteiger partial charge in [0.05, 0.1) is 12.4 Å². The molecule has 0 aliphatic rings. The summed E-state index contributed by atoms with van der Waals surface area (Å²) in [6.07, 6.45) is -0.845. The third kappa shape index (κ3) is 10.6. The second-order valence-electron chi connectivity index (χ2n) is 14.4. The summed E-state index contributed by atoms with van der Waals surface area (Å²) >= 11 is 0. The lowest BCUT2D eigenvalue weighted by atomic mass is 9.81. The molecule has 0 radical (unpaired) electrons. The largest absolute Gasteiger partial charge is 0.508 e. The fraction of sp³-hybridized carbons (Fsp3) is 0.213. The van der Waals surface area contributed by atoms with Gasteiger partial charge in [-0.3, -0.25) is 0 Å². The summed E-state index contributed by atoms with van der Waals surface area (Å²) in [5.41, 5.74) is 6.02. The van der Waals surface area contributed by atoms with Crippen LogP contribution in [0.15, 0.2) is 146 Å². The number of carbonyl (C=O) groups excluding carboxylic acids is 1. The van der Waals surface area contributed by atoms with Crippen LogP contribution in [0.5, 0.6) is 17.2 Å². The Bertz CT molecular complexity index is 2360. The van der Waals surface area contributed by atoms with Crippen molar-refractivity contribution < 1.29 is 38.0 Å². The number of hydrogen-bond acceptors (Lipinski definition) is 9. The van der Waals surface area contributed by atoms with E-state index in [0.717, 1.165) is 28.5 Å². The molecule has 1 unspecified atom stereocenters. The predicted octanol–water partition coefficient (Wildman–Crippen LogP) is 8.46. The first-order valence-corrected chi connectivity index (χ1v) is 20.8. The Morgan fingerprint density at radius 3 is 1.69 bits per heavy atom. The number of hydrogen-bond donors (Lipinski definition) is 4. The predicted molar refractivity (Wildman–Crippen MR) is 226 cm³/mol. The van der Waals surface area contributed by atoms with E-state index in [-0.39, 0.29) is 54.7 Å². The molecule has 0 bridgehead atoms. The Balaban J connectivity index is 1.35. The number of aliphatic hydroxyl groups excluding tert-OH is 1. The zero-order valence-corrected chi connectivity index (χ0v) is 33.5. The van der Waals surface area contributed by atoms with Crippen molar-refractivity contribution in [3.8, 4) is 17.2 Å². The van der Waals surface area contributed by atoms with Crippen molar-refractivity contribution in [2.24, 2.45) is 0 Å². The highest BCUT2D eigenvalue weighted by Gasteiger charge is 2.32. The van der Waals surface area contributed by atoms with Gasteiger partial charge in [-0.25, -0.2) is 13.2 Å². The molecule has 4 N–H and O–H groups in total. The summed E-state index contributed by atoms with van der Waals surface area (Å²) in [5.74, 6) is 0.149. The van der Waals surface area contributed by atoms with Crippen LogP contribution < -0.4 is 14.4 Å². The third-order valence-electron chi connectivity index (χ3n) is 9.96. The number of amides is 1. The molecule has 0 fully saturated rings. The van der Waals surface area contributed by atoms with E-state index in [1.807, 2.05) is 105 Å². The van der Waals surface area contributed by atoms with E-state index in [0.29, 0.717) is 33.0 Å². The Kier molecular flexibility index (Phi) is 13.5. The van der Waals surface area contributed by atoms with Crippen molar-refractivity contribution in [2.75, 3.05) is 17.1 Å². The third-order valence-corrected chi connectivity index (χ3v) is 11.0. The number of phenolic OH excluding ortho intramolecular Hbond substituents is 2. The summed E-state index contributed by atoms with van der Waals surface area (Å²) in [7, 11) is -4.27. The minimum absolute atomic E-state index is 0.0309. The molecule has 10 nitrogen and oxygen atoms in total. The summed E-state index contributed by atoms with van der Waals surface area (Å²) in [6, 6.07) is 43.5. The van der Waals surface area contributed by atoms with Crippen LogP contribution in [0.3, 0.4) is 0 Å². The van der Waals surface area contributed by atoms with Crippen molar-refractivity contribution in [3.05, 3.63) is 190 Å². The molecule has 0 spiro atoms. The maximum absolute atomic E-state index is 13.7. The molecule has 2 atom stereocenters. The van der Waals surface area contributed by atoms with E-state index in [1.165, 1.54) is 6.07 Å². The van der Waals surface area contributed by atoms with Crippen LogP contribution in [0.25, 0.3) is 0 Å². The van der Waals surface area contributed by atoms with Crippen LogP contribution in [0.4, 0.5) is 10.5 Å². The second kappa shape index (κ2) is 18.9. The molecule has 300 valence electrons. The Morgan fingerprint density at radius 2 is 1.17 bits per heavy atom. The Labute approximate surface area is 340 Å². The first-order valence-electron chi connectivity index (χ1n) is 18.9. The Hall–Kier alpha value is -6.14. The number of phenols is 2. The number of ether oxygens (including phenoxy) is 2. The molecule has 6 rings (SSSR count). The van der Waals surface area contributed by atoms with Gasteiger partial charge >= 0.3 is 6.09 Å². The van der Waals surface area contributed by atoms with E-state index in [4.69, 9.17) is 9.47 Å². The smallest absolute Gasteiger partial charge is 0.428 e. The zero-order chi connectivity index (χ0) is 41.2. The highest BCUT2D eigenvalue weighted by atomic mass is 32.2. The van der Waals surface area contributed by atoms with E-state index in [9.17, 15) is 28.5 Å². The number of benzene rings is 6. The minimum Gasteiger partial charge on any atom is -0.508 e. The number of carbonyl (C=O) groups is 1. The lowest BCUT2D eigenvalue weighted by molar-refractivity contribution is 0.151. The fourth-order valence-electron chi connectivity index (χ4n) is 6.91. The van der Waals surface area contributed by atoms with Crippen LogP contribution in [0, 0.1) is 13.8 Å². The van der Waals surface area contributed by atoms with E-state index < -0.39 is 22.2 Å². The van der Waals surface area contributed by atoms with Crippen LogP contribution in [-0.2, 0) is 34.4 Å². The van der Waals surface area contributed by atoms with Gasteiger partial charge in [0.25, 0.3) is 0 Å². The van der Waals surface area contributed by atoms with Crippen LogP contribution in [0.1, 0.15) is 56.5 Å². The molecule has 6 aromatic carbocycles. The van der Waals surface area contributed by atoms with Crippen molar-refractivity contribution in [2.45, 2.75) is 51.5 Å². The minimum atomic E-state index is -4.27. The number of nitrogens with zero attached hydrogens (tertiary/aromatic N) is 1. The maximum Gasteiger partial charge on any atom is 0.428 e. The average molecular weight is 801 g/mol. The molecule has 0 aliphatic carbocycles. The van der Waals surface area contributed by atoms with Gasteiger partial charge in [0.1, 0.15) is 36.1 Å². The van der Waals surface area contributed by atoms with Crippen LogP contribution in [0.2, 0.25) is 0 Å². The number of sulfonamides is 1. The lowest BCUT2D eigenvalue weighted by Gasteiger charge is -2.31. The molecule has 0 heterocycles. The summed E-state index contributed by atoms with van der Waals surface area (Å²) in [4.78, 5) is 13.7. The molecule has 0 saturated heterocycles. The molecule has 1 amide bonds. The maximum atomic E-state index is 13.7. The quantitative estimate of drug-likeness (QED) is 0.0758. The SMILES string of the molecule is Cc1cc(C(c2ccc(O)c(C)c2)C(Cc2ccccc2)NC[C@H](O)c2ccc(OCc3ccccc3)c(N(C(=O)OCc3ccccc3)S(C)(=O)=O)c2)ccc1O. The van der Waals surface area contributed by atoms with Gasteiger partial charge in [-0.05, 0) is 89.0 Å². The van der Waals surface area contributed by atoms with Crippen molar-refractivity contribution in [1.82, 2.24) is 5.32 Å². The standard InChI is InChI=1S/C47H48N2O8S/c1-32-25-38(19-22-42(32)50)46(39-20-23-43(51)33(2)26-39)40(27-34-13-7-4-8-14-34)48-29-44(52)37-21-24-45(56-30-35-15-9-5-10-16-35)41(28-37)49(58(3,54)55)47(53)57-31-36-17-11-6-12-18-36/h4-26,28,40,44,46,48,50-52H,27,29-31H2,1-3H3/t40?,44-/m0/s1. The first kappa shape index (κ1) is 41.5. The Morgan fingerprint density at radius 1 is 0.672 bits per heavy atom. The molecule has 0 aromatic heterocycles. The van der Waals surface area contributed by atoms with Gasteiger partial charge in [-0.15, -0.1) is 0 Å². The number of aliphatic hydroxyl groups is 1. The highest BCUT2D eigenvalue weighted by molar-refractivity contribution is 7.92. The van der Waals surface area contributed by atoms with Crippen LogP contribution >= 0.6 is 0 Å². The number of aromatic hydroxyl groups is 2. The molecule has 0 aliphatic heterocycles. The molecule has 11 heteroatoms. The molecular weight excluding hydrogens is 753 g/mol. The molecule has 58 heavy (non-hydrogen) atoms. The summed E-state index contributed by atoms with van der Waals surface area (Å²) in [6.45, 7) is 3.63. The van der Waals surface area contributed by atoms with Gasteiger partial charge in [0.15, 0.2) is 0 Å². The van der Waals surface area contributed by atoms with Crippen molar-refractivity contribution >= 4 is 21.8 Å². The van der Waals surface area contributed by atoms with Gasteiger partial charge in [-0.2, -0.15) is 4.31 Å². The number of nitrogens with one attached hydrogen (secondary N) is 1. The summed E-state index contributed by atoms with van der Waals surface area (Å²) < 4.78 is 39.0. The lowest BCUT2D eigenvalue weighted by Crippen LogP contribution is -2.40. The topological polar surface area (TPSA) is 146 Å². The van der Waals surface area contributed by atoms with Gasteiger partial charge in [-0.1, -0.05) is 121 Å². The molecule has 6 aromatic rings. The van der Waals surface area contributed by atoms with E-state index in [2.05, 4.69) is 5.32 Å². The molecule has 0 saturated carbocycles. The van der Waals surface area contributed by atoms with E-state index >= 15 is 0 Å².